The first-order valence-corrected chi connectivity index (χ1v) is 7.50. The number of hydrogen-bond donors (Lipinski definition) is 2. The fourth-order valence-corrected chi connectivity index (χ4v) is 3.18. The van der Waals surface area contributed by atoms with Crippen molar-refractivity contribution in [1.82, 2.24) is 10.2 Å². The van der Waals surface area contributed by atoms with E-state index in [1.165, 1.54) is 12.8 Å². The van der Waals surface area contributed by atoms with Gasteiger partial charge in [0.1, 0.15) is 0 Å². The SMILES string of the molecule is O=C(O)c1ccc2c(c1)CN(C(=O)CNC1CCCC1)C2. The Morgan fingerprint density at radius 3 is 2.62 bits per heavy atom. The molecule has 1 saturated carbocycles. The van der Waals surface area contributed by atoms with E-state index in [4.69, 9.17) is 5.11 Å². The smallest absolute Gasteiger partial charge is 0.335 e. The summed E-state index contributed by atoms with van der Waals surface area (Å²) < 4.78 is 0. The van der Waals surface area contributed by atoms with E-state index in [1.54, 1.807) is 17.0 Å². The van der Waals surface area contributed by atoms with E-state index in [9.17, 15) is 9.59 Å². The molecule has 3 rings (SSSR count). The molecule has 2 aliphatic rings. The molecule has 5 heteroatoms. The summed E-state index contributed by atoms with van der Waals surface area (Å²) in [6, 6.07) is 5.58. The minimum Gasteiger partial charge on any atom is -0.478 e. The fourth-order valence-electron chi connectivity index (χ4n) is 3.18. The highest BCUT2D eigenvalue weighted by Gasteiger charge is 2.25. The number of rotatable bonds is 4. The van der Waals surface area contributed by atoms with Crippen LogP contribution in [0, 0.1) is 0 Å². The summed E-state index contributed by atoms with van der Waals surface area (Å²) in [5, 5.41) is 12.3. The van der Waals surface area contributed by atoms with Crippen LogP contribution in [0.3, 0.4) is 0 Å². The average Bonchev–Trinajstić information content (AvgIpc) is 3.12. The molecule has 0 unspecified atom stereocenters. The average molecular weight is 288 g/mol. The fraction of sp³-hybridized carbons (Fsp3) is 0.500. The zero-order valence-corrected chi connectivity index (χ0v) is 12.0. The van der Waals surface area contributed by atoms with Gasteiger partial charge in [-0.05, 0) is 36.1 Å². The Morgan fingerprint density at radius 2 is 1.90 bits per heavy atom. The van der Waals surface area contributed by atoms with E-state index >= 15 is 0 Å². The van der Waals surface area contributed by atoms with Gasteiger partial charge in [0, 0.05) is 19.1 Å². The van der Waals surface area contributed by atoms with Gasteiger partial charge in [-0.2, -0.15) is 0 Å². The maximum Gasteiger partial charge on any atom is 0.335 e. The van der Waals surface area contributed by atoms with Gasteiger partial charge in [0.15, 0.2) is 0 Å². The molecule has 1 aliphatic heterocycles. The number of aromatic carboxylic acids is 1. The van der Waals surface area contributed by atoms with Crippen molar-refractivity contribution in [3.8, 4) is 0 Å². The number of nitrogens with one attached hydrogen (secondary N) is 1. The number of nitrogens with zero attached hydrogens (tertiary/aromatic N) is 1. The largest absolute Gasteiger partial charge is 0.478 e. The first-order chi connectivity index (χ1) is 10.1. The second-order valence-corrected chi connectivity index (χ2v) is 5.90. The Labute approximate surface area is 123 Å². The molecular weight excluding hydrogens is 268 g/mol. The second kappa shape index (κ2) is 5.85. The summed E-state index contributed by atoms with van der Waals surface area (Å²) in [7, 11) is 0. The lowest BCUT2D eigenvalue weighted by atomic mass is 10.1. The topological polar surface area (TPSA) is 69.6 Å². The Balaban J connectivity index is 1.58. The highest BCUT2D eigenvalue weighted by Crippen LogP contribution is 2.24. The molecular formula is C16H20N2O3. The number of carbonyl (C=O) groups excluding carboxylic acids is 1. The highest BCUT2D eigenvalue weighted by atomic mass is 16.4. The summed E-state index contributed by atoms with van der Waals surface area (Å²) in [6.45, 7) is 1.48. The van der Waals surface area contributed by atoms with Crippen LogP contribution in [0.25, 0.3) is 0 Å². The molecule has 5 nitrogen and oxygen atoms in total. The predicted molar refractivity (Wildman–Crippen MR) is 77.9 cm³/mol. The van der Waals surface area contributed by atoms with Crippen molar-refractivity contribution < 1.29 is 14.7 Å². The van der Waals surface area contributed by atoms with Crippen LogP contribution < -0.4 is 5.32 Å². The van der Waals surface area contributed by atoms with Crippen molar-refractivity contribution in [2.75, 3.05) is 6.54 Å². The highest BCUT2D eigenvalue weighted by molar-refractivity contribution is 5.88. The van der Waals surface area contributed by atoms with Gasteiger partial charge in [0.05, 0.1) is 12.1 Å². The predicted octanol–water partition coefficient (Wildman–Crippen LogP) is 1.76. The Morgan fingerprint density at radius 1 is 1.19 bits per heavy atom. The molecule has 2 N–H and O–H groups in total. The van der Waals surface area contributed by atoms with Crippen molar-refractivity contribution in [3.63, 3.8) is 0 Å². The van der Waals surface area contributed by atoms with Gasteiger partial charge >= 0.3 is 5.97 Å². The van der Waals surface area contributed by atoms with E-state index in [-0.39, 0.29) is 11.5 Å². The number of benzene rings is 1. The van der Waals surface area contributed by atoms with Crippen LogP contribution in [0.1, 0.15) is 47.2 Å². The lowest BCUT2D eigenvalue weighted by Gasteiger charge is -2.18. The molecule has 1 aromatic rings. The molecule has 112 valence electrons. The van der Waals surface area contributed by atoms with Crippen molar-refractivity contribution in [3.05, 3.63) is 34.9 Å². The maximum atomic E-state index is 12.2. The van der Waals surface area contributed by atoms with Gasteiger partial charge < -0.3 is 15.3 Å². The molecule has 1 heterocycles. The molecule has 0 spiro atoms. The molecule has 0 atom stereocenters. The van der Waals surface area contributed by atoms with Gasteiger partial charge in [-0.1, -0.05) is 18.9 Å². The molecule has 0 bridgehead atoms. The van der Waals surface area contributed by atoms with Crippen LogP contribution in [0.4, 0.5) is 0 Å². The third kappa shape index (κ3) is 3.08. The van der Waals surface area contributed by atoms with Crippen LogP contribution in [0.15, 0.2) is 18.2 Å². The Kier molecular flexibility index (Phi) is 3.92. The molecule has 0 aromatic heterocycles. The molecule has 21 heavy (non-hydrogen) atoms. The second-order valence-electron chi connectivity index (χ2n) is 5.90. The van der Waals surface area contributed by atoms with E-state index in [1.807, 2.05) is 6.07 Å². The summed E-state index contributed by atoms with van der Waals surface area (Å²) in [4.78, 5) is 25.0. The van der Waals surface area contributed by atoms with Gasteiger partial charge in [-0.15, -0.1) is 0 Å². The lowest BCUT2D eigenvalue weighted by molar-refractivity contribution is -0.131. The molecule has 1 amide bonds. The van der Waals surface area contributed by atoms with Crippen molar-refractivity contribution in [2.45, 2.75) is 44.8 Å². The van der Waals surface area contributed by atoms with E-state index < -0.39 is 5.97 Å². The molecule has 1 aliphatic carbocycles. The van der Waals surface area contributed by atoms with E-state index in [0.29, 0.717) is 25.7 Å². The van der Waals surface area contributed by atoms with Gasteiger partial charge in [0.25, 0.3) is 0 Å². The first-order valence-electron chi connectivity index (χ1n) is 7.50. The third-order valence-corrected chi connectivity index (χ3v) is 4.43. The first kappa shape index (κ1) is 14.1. The maximum absolute atomic E-state index is 12.2. The van der Waals surface area contributed by atoms with Crippen LogP contribution in [0.2, 0.25) is 0 Å². The number of carboxylic acid groups (broad SMARTS) is 1. The van der Waals surface area contributed by atoms with Gasteiger partial charge in [-0.3, -0.25) is 4.79 Å². The Hall–Kier alpha value is -1.88. The third-order valence-electron chi connectivity index (χ3n) is 4.43. The number of carbonyl (C=O) groups is 2. The van der Waals surface area contributed by atoms with Crippen molar-refractivity contribution >= 4 is 11.9 Å². The minimum atomic E-state index is -0.925. The molecule has 0 saturated heterocycles. The standard InChI is InChI=1S/C16H20N2O3/c19-15(8-17-14-3-1-2-4-14)18-9-12-6-5-11(16(20)21)7-13(12)10-18/h5-7,14,17H,1-4,8-10H2,(H,20,21). The molecule has 1 aromatic carbocycles. The van der Waals surface area contributed by atoms with E-state index in [0.717, 1.165) is 24.0 Å². The van der Waals surface area contributed by atoms with Crippen LogP contribution >= 0.6 is 0 Å². The summed E-state index contributed by atoms with van der Waals surface area (Å²) in [6.07, 6.45) is 4.82. The van der Waals surface area contributed by atoms with Crippen LogP contribution in [-0.2, 0) is 17.9 Å². The summed E-state index contributed by atoms with van der Waals surface area (Å²) in [5.74, 6) is -0.833. The Bertz CT molecular complexity index is 565. The minimum absolute atomic E-state index is 0.0926. The number of hydrogen-bond acceptors (Lipinski definition) is 3. The number of fused-ring (bicyclic) bond motifs is 1. The van der Waals surface area contributed by atoms with Crippen molar-refractivity contribution in [2.24, 2.45) is 0 Å². The summed E-state index contributed by atoms with van der Waals surface area (Å²) >= 11 is 0. The quantitative estimate of drug-likeness (QED) is 0.885. The summed E-state index contributed by atoms with van der Waals surface area (Å²) in [5.41, 5.74) is 2.28. The number of amides is 1. The molecule has 0 radical (unpaired) electrons. The van der Waals surface area contributed by atoms with Crippen LogP contribution in [-0.4, -0.2) is 34.5 Å². The zero-order valence-electron chi connectivity index (χ0n) is 12.0. The van der Waals surface area contributed by atoms with Gasteiger partial charge in [-0.25, -0.2) is 4.79 Å². The number of carboxylic acids is 1. The normalized spacial score (nSPS) is 18.0. The van der Waals surface area contributed by atoms with Crippen LogP contribution in [0.5, 0.6) is 0 Å². The van der Waals surface area contributed by atoms with Crippen molar-refractivity contribution in [1.29, 1.82) is 0 Å². The molecule has 1 fully saturated rings. The van der Waals surface area contributed by atoms with Gasteiger partial charge in [0.2, 0.25) is 5.91 Å². The lowest BCUT2D eigenvalue weighted by Crippen LogP contribution is -2.38. The monoisotopic (exact) mass is 288 g/mol. The zero-order chi connectivity index (χ0) is 14.8. The van der Waals surface area contributed by atoms with E-state index in [2.05, 4.69) is 5.32 Å².